The van der Waals surface area contributed by atoms with E-state index in [0.717, 1.165) is 47.0 Å². The Morgan fingerprint density at radius 3 is 2.85 bits per heavy atom. The summed E-state index contributed by atoms with van der Waals surface area (Å²) < 4.78 is 6.72. The highest BCUT2D eigenvalue weighted by molar-refractivity contribution is 7.71. The van der Waals surface area contributed by atoms with E-state index in [1.165, 1.54) is 0 Å². The van der Waals surface area contributed by atoms with Crippen LogP contribution in [0.25, 0.3) is 11.2 Å². The lowest BCUT2D eigenvalue weighted by atomic mass is 10.4. The Labute approximate surface area is 121 Å². The van der Waals surface area contributed by atoms with Crippen LogP contribution in [0.2, 0.25) is 0 Å². The molecular weight excluding hydrogens is 274 g/mol. The molecule has 1 N–H and O–H groups in total. The van der Waals surface area contributed by atoms with E-state index < -0.39 is 0 Å². The first-order valence-corrected chi connectivity index (χ1v) is 7.01. The summed E-state index contributed by atoms with van der Waals surface area (Å²) in [4.78, 5) is 3.25. The standard InChI is InChI=1S/C12H17N7S/c1-4-19-11-10(8(2)16-19)14-12(20)18(11)6-5-9-15-13-7-17(9)3/h7H,4-6H2,1-3H3,(H,14,20). The Hall–Kier alpha value is -1.96. The van der Waals surface area contributed by atoms with Crippen molar-refractivity contribution in [2.24, 2.45) is 7.05 Å². The van der Waals surface area contributed by atoms with E-state index in [-0.39, 0.29) is 0 Å². The molecule has 8 heteroatoms. The van der Waals surface area contributed by atoms with E-state index in [9.17, 15) is 0 Å². The average Bonchev–Trinajstić information content (AvgIpc) is 3.05. The lowest BCUT2D eigenvalue weighted by molar-refractivity contribution is 0.608. The number of imidazole rings is 1. The molecule has 3 heterocycles. The van der Waals surface area contributed by atoms with Crippen molar-refractivity contribution in [1.29, 1.82) is 0 Å². The van der Waals surface area contributed by atoms with E-state index >= 15 is 0 Å². The SMILES string of the molecule is CCn1nc(C)c2[nH]c(=S)n(CCc3nncn3C)c21. The first-order chi connectivity index (χ1) is 9.61. The highest BCUT2D eigenvalue weighted by Gasteiger charge is 2.14. The van der Waals surface area contributed by atoms with Crippen molar-refractivity contribution in [3.8, 4) is 0 Å². The van der Waals surface area contributed by atoms with Gasteiger partial charge in [-0.2, -0.15) is 5.10 Å². The Morgan fingerprint density at radius 2 is 2.20 bits per heavy atom. The summed E-state index contributed by atoms with van der Waals surface area (Å²) >= 11 is 5.42. The van der Waals surface area contributed by atoms with Crippen LogP contribution < -0.4 is 0 Å². The Kier molecular flexibility index (Phi) is 3.17. The van der Waals surface area contributed by atoms with Gasteiger partial charge in [0.15, 0.2) is 10.4 Å². The van der Waals surface area contributed by atoms with Gasteiger partial charge in [0.25, 0.3) is 0 Å². The molecule has 0 fully saturated rings. The molecule has 0 saturated carbocycles. The number of H-pyrrole nitrogens is 1. The number of nitrogens with zero attached hydrogens (tertiary/aromatic N) is 6. The third kappa shape index (κ3) is 1.96. The third-order valence-electron chi connectivity index (χ3n) is 3.50. The summed E-state index contributed by atoms with van der Waals surface area (Å²) in [5.41, 5.74) is 3.05. The average molecular weight is 291 g/mol. The Bertz CT molecular complexity index is 804. The van der Waals surface area contributed by atoms with Gasteiger partial charge in [-0.3, -0.25) is 0 Å². The number of hydrogen-bond donors (Lipinski definition) is 1. The van der Waals surface area contributed by atoms with Crippen LogP contribution in [0.5, 0.6) is 0 Å². The van der Waals surface area contributed by atoms with Gasteiger partial charge < -0.3 is 14.1 Å². The lowest BCUT2D eigenvalue weighted by Crippen LogP contribution is -2.09. The molecule has 3 aromatic rings. The van der Waals surface area contributed by atoms with Crippen molar-refractivity contribution < 1.29 is 0 Å². The van der Waals surface area contributed by atoms with Crippen molar-refractivity contribution in [1.82, 2.24) is 34.1 Å². The summed E-state index contributed by atoms with van der Waals surface area (Å²) in [6.45, 7) is 5.65. The fourth-order valence-corrected chi connectivity index (χ4v) is 2.71. The van der Waals surface area contributed by atoms with Crippen LogP contribution in [-0.2, 0) is 26.6 Å². The Morgan fingerprint density at radius 1 is 1.40 bits per heavy atom. The van der Waals surface area contributed by atoms with Crippen LogP contribution >= 0.6 is 12.2 Å². The molecule has 3 aromatic heterocycles. The second kappa shape index (κ2) is 4.86. The van der Waals surface area contributed by atoms with Crippen LogP contribution in [0.3, 0.4) is 0 Å². The number of aryl methyl sites for hydroxylation is 5. The molecule has 106 valence electrons. The molecule has 0 bridgehead atoms. The summed E-state index contributed by atoms with van der Waals surface area (Å²) in [5.74, 6) is 0.945. The van der Waals surface area contributed by atoms with E-state index in [0.29, 0.717) is 0 Å². The molecule has 0 aromatic carbocycles. The van der Waals surface area contributed by atoms with Crippen molar-refractivity contribution >= 4 is 23.4 Å². The summed E-state index contributed by atoms with van der Waals surface area (Å²) in [6, 6.07) is 0. The molecule has 3 rings (SSSR count). The minimum Gasteiger partial charge on any atom is -0.328 e. The topological polar surface area (TPSA) is 69.2 Å². The number of nitrogens with one attached hydrogen (secondary N) is 1. The smallest absolute Gasteiger partial charge is 0.179 e. The normalized spacial score (nSPS) is 11.6. The molecular formula is C12H17N7S. The zero-order valence-electron chi connectivity index (χ0n) is 11.8. The van der Waals surface area contributed by atoms with Crippen molar-refractivity contribution in [2.75, 3.05) is 0 Å². The van der Waals surface area contributed by atoms with Gasteiger partial charge in [0.05, 0.1) is 5.69 Å². The quantitative estimate of drug-likeness (QED) is 0.741. The van der Waals surface area contributed by atoms with Gasteiger partial charge in [0, 0.05) is 26.6 Å². The molecule has 0 aliphatic carbocycles. The molecule has 0 atom stereocenters. The molecule has 0 aliphatic heterocycles. The minimum atomic E-state index is 0.727. The van der Waals surface area contributed by atoms with E-state index in [4.69, 9.17) is 12.2 Å². The predicted octanol–water partition coefficient (Wildman–Crippen LogP) is 1.59. The molecule has 0 spiro atoms. The Balaban J connectivity index is 2.00. The van der Waals surface area contributed by atoms with E-state index in [1.807, 2.05) is 23.2 Å². The number of fused-ring (bicyclic) bond motifs is 1. The molecule has 0 aliphatic rings. The highest BCUT2D eigenvalue weighted by Crippen LogP contribution is 2.18. The van der Waals surface area contributed by atoms with Crippen molar-refractivity contribution in [3.05, 3.63) is 22.6 Å². The molecule has 20 heavy (non-hydrogen) atoms. The first kappa shape index (κ1) is 13.0. The van der Waals surface area contributed by atoms with Crippen LogP contribution in [0, 0.1) is 11.7 Å². The number of rotatable bonds is 4. The molecule has 0 saturated heterocycles. The van der Waals surface area contributed by atoms with Gasteiger partial charge >= 0.3 is 0 Å². The van der Waals surface area contributed by atoms with Crippen LogP contribution in [0.4, 0.5) is 0 Å². The van der Waals surface area contributed by atoms with Crippen molar-refractivity contribution in [2.45, 2.75) is 33.4 Å². The second-order valence-electron chi connectivity index (χ2n) is 4.79. The number of hydrogen-bond acceptors (Lipinski definition) is 4. The van der Waals surface area contributed by atoms with Crippen LogP contribution in [-0.4, -0.2) is 34.1 Å². The van der Waals surface area contributed by atoms with Crippen molar-refractivity contribution in [3.63, 3.8) is 0 Å². The van der Waals surface area contributed by atoms with Gasteiger partial charge in [-0.15, -0.1) is 10.2 Å². The molecule has 0 radical (unpaired) electrons. The van der Waals surface area contributed by atoms with E-state index in [1.54, 1.807) is 6.33 Å². The third-order valence-corrected chi connectivity index (χ3v) is 3.82. The monoisotopic (exact) mass is 291 g/mol. The van der Waals surface area contributed by atoms with Gasteiger partial charge in [0.1, 0.15) is 17.7 Å². The maximum atomic E-state index is 5.42. The lowest BCUT2D eigenvalue weighted by Gasteiger charge is -2.05. The summed E-state index contributed by atoms with van der Waals surface area (Å²) in [5, 5.41) is 12.5. The van der Waals surface area contributed by atoms with Gasteiger partial charge in [-0.05, 0) is 26.1 Å². The maximum absolute atomic E-state index is 5.42. The number of aromatic nitrogens is 7. The summed E-state index contributed by atoms with van der Waals surface area (Å²) in [7, 11) is 1.95. The molecule has 0 amide bonds. The first-order valence-electron chi connectivity index (χ1n) is 6.60. The predicted molar refractivity (Wildman–Crippen MR) is 78.0 cm³/mol. The second-order valence-corrected chi connectivity index (χ2v) is 5.18. The zero-order valence-corrected chi connectivity index (χ0v) is 12.6. The van der Waals surface area contributed by atoms with Gasteiger partial charge in [0.2, 0.25) is 0 Å². The molecule has 7 nitrogen and oxygen atoms in total. The largest absolute Gasteiger partial charge is 0.328 e. The minimum absolute atomic E-state index is 0.727. The van der Waals surface area contributed by atoms with E-state index in [2.05, 4.69) is 31.8 Å². The maximum Gasteiger partial charge on any atom is 0.179 e. The van der Waals surface area contributed by atoms with Gasteiger partial charge in [-0.25, -0.2) is 4.68 Å². The van der Waals surface area contributed by atoms with Crippen LogP contribution in [0.1, 0.15) is 18.4 Å². The highest BCUT2D eigenvalue weighted by atomic mass is 32.1. The van der Waals surface area contributed by atoms with Crippen LogP contribution in [0.15, 0.2) is 6.33 Å². The zero-order chi connectivity index (χ0) is 14.3. The van der Waals surface area contributed by atoms with Gasteiger partial charge in [-0.1, -0.05) is 0 Å². The number of aromatic amines is 1. The fourth-order valence-electron chi connectivity index (χ4n) is 2.43. The summed E-state index contributed by atoms with van der Waals surface area (Å²) in [6.07, 6.45) is 2.49. The molecule has 0 unspecified atom stereocenters. The fraction of sp³-hybridized carbons (Fsp3) is 0.500.